The van der Waals surface area contributed by atoms with Crippen molar-refractivity contribution in [2.45, 2.75) is 33.0 Å². The van der Waals surface area contributed by atoms with Crippen LogP contribution in [0.2, 0.25) is 0 Å². The van der Waals surface area contributed by atoms with E-state index in [9.17, 15) is 4.79 Å². The van der Waals surface area contributed by atoms with E-state index < -0.39 is 0 Å². The number of carbonyl (C=O) groups is 1. The Morgan fingerprint density at radius 3 is 2.37 bits per heavy atom. The number of aromatic nitrogens is 2. The average molecular weight is 360 g/mol. The minimum Gasteiger partial charge on any atom is -0.350 e. The summed E-state index contributed by atoms with van der Waals surface area (Å²) >= 11 is 0. The molecule has 0 spiro atoms. The van der Waals surface area contributed by atoms with Crippen LogP contribution in [0.15, 0.2) is 73.2 Å². The Kier molecular flexibility index (Phi) is 6.15. The predicted molar refractivity (Wildman–Crippen MR) is 107 cm³/mol. The van der Waals surface area contributed by atoms with E-state index >= 15 is 0 Å². The topological polar surface area (TPSA) is 58.1 Å². The van der Waals surface area contributed by atoms with Gasteiger partial charge >= 0.3 is 0 Å². The van der Waals surface area contributed by atoms with Gasteiger partial charge in [0.15, 0.2) is 0 Å². The van der Waals surface area contributed by atoms with Crippen LogP contribution in [0, 0.1) is 0 Å². The first-order valence-corrected chi connectivity index (χ1v) is 9.07. The fraction of sp³-hybridized carbons (Fsp3) is 0.227. The van der Waals surface area contributed by atoms with Gasteiger partial charge in [-0.2, -0.15) is 0 Å². The van der Waals surface area contributed by atoms with Crippen molar-refractivity contribution < 1.29 is 4.79 Å². The third kappa shape index (κ3) is 5.14. The fourth-order valence-electron chi connectivity index (χ4n) is 2.78. The van der Waals surface area contributed by atoms with E-state index in [0.29, 0.717) is 18.2 Å². The molecule has 2 aromatic heterocycles. The lowest BCUT2D eigenvalue weighted by Crippen LogP contribution is -2.31. The smallest absolute Gasteiger partial charge is 0.253 e. The summed E-state index contributed by atoms with van der Waals surface area (Å²) in [6.07, 6.45) is 5.06. The van der Waals surface area contributed by atoms with Crippen molar-refractivity contribution in [3.63, 3.8) is 0 Å². The highest BCUT2D eigenvalue weighted by molar-refractivity contribution is 5.94. The molecule has 2 heterocycles. The molecule has 0 fully saturated rings. The second-order valence-corrected chi connectivity index (χ2v) is 6.65. The van der Waals surface area contributed by atoms with E-state index in [1.807, 2.05) is 42.5 Å². The summed E-state index contributed by atoms with van der Waals surface area (Å²) in [5.41, 5.74) is 2.79. The number of carbonyl (C=O) groups excluding carboxylic acids is 1. The molecule has 5 heteroatoms. The minimum atomic E-state index is -0.134. The molecule has 0 aliphatic rings. The number of rotatable bonds is 7. The highest BCUT2D eigenvalue weighted by Crippen LogP contribution is 2.18. The van der Waals surface area contributed by atoms with Crippen LogP contribution >= 0.6 is 0 Å². The zero-order chi connectivity index (χ0) is 19.1. The first-order chi connectivity index (χ1) is 13.1. The van der Waals surface area contributed by atoms with Crippen LogP contribution in [0.4, 0.5) is 5.82 Å². The Hall–Kier alpha value is -3.21. The van der Waals surface area contributed by atoms with Gasteiger partial charge in [-0.15, -0.1) is 0 Å². The van der Waals surface area contributed by atoms with Gasteiger partial charge in [-0.25, -0.2) is 4.98 Å². The van der Waals surface area contributed by atoms with Crippen LogP contribution < -0.4 is 10.2 Å². The molecule has 27 heavy (non-hydrogen) atoms. The quantitative estimate of drug-likeness (QED) is 0.696. The fourth-order valence-corrected chi connectivity index (χ4v) is 2.78. The highest BCUT2D eigenvalue weighted by atomic mass is 16.1. The summed E-state index contributed by atoms with van der Waals surface area (Å²) < 4.78 is 0. The number of hydrogen-bond acceptors (Lipinski definition) is 4. The van der Waals surface area contributed by atoms with Crippen LogP contribution in [-0.4, -0.2) is 21.9 Å². The standard InChI is InChI=1S/C22H24N4O/c1-17(2)26(16-19-6-4-3-5-7-19)21-9-8-20(15-24-21)22(27)25-14-18-10-12-23-13-11-18/h3-13,15,17H,14,16H2,1-2H3,(H,25,27). The Morgan fingerprint density at radius 2 is 1.74 bits per heavy atom. The summed E-state index contributed by atoms with van der Waals surface area (Å²) in [5, 5.41) is 2.91. The molecule has 0 atom stereocenters. The third-order valence-corrected chi connectivity index (χ3v) is 4.33. The zero-order valence-corrected chi connectivity index (χ0v) is 15.7. The van der Waals surface area contributed by atoms with Crippen molar-refractivity contribution in [1.82, 2.24) is 15.3 Å². The summed E-state index contributed by atoms with van der Waals surface area (Å²) in [5.74, 6) is 0.726. The minimum absolute atomic E-state index is 0.134. The number of amides is 1. The molecular formula is C22H24N4O. The maximum Gasteiger partial charge on any atom is 0.253 e. The lowest BCUT2D eigenvalue weighted by molar-refractivity contribution is 0.0950. The van der Waals surface area contributed by atoms with Gasteiger partial charge in [0.2, 0.25) is 0 Å². The molecule has 3 rings (SSSR count). The van der Waals surface area contributed by atoms with Gasteiger partial charge in [-0.05, 0) is 49.2 Å². The van der Waals surface area contributed by atoms with Gasteiger partial charge in [-0.3, -0.25) is 9.78 Å². The lowest BCUT2D eigenvalue weighted by atomic mass is 10.2. The van der Waals surface area contributed by atoms with E-state index in [4.69, 9.17) is 0 Å². The van der Waals surface area contributed by atoms with E-state index in [1.165, 1.54) is 5.56 Å². The third-order valence-electron chi connectivity index (χ3n) is 4.33. The Morgan fingerprint density at radius 1 is 1.00 bits per heavy atom. The largest absolute Gasteiger partial charge is 0.350 e. The molecule has 0 saturated heterocycles. The number of nitrogens with zero attached hydrogens (tertiary/aromatic N) is 3. The monoisotopic (exact) mass is 360 g/mol. The first kappa shape index (κ1) is 18.6. The van der Waals surface area contributed by atoms with Crippen molar-refractivity contribution in [3.8, 4) is 0 Å². The molecular weight excluding hydrogens is 336 g/mol. The van der Waals surface area contributed by atoms with Crippen LogP contribution in [0.25, 0.3) is 0 Å². The van der Waals surface area contributed by atoms with Crippen molar-refractivity contribution in [2.75, 3.05) is 4.90 Å². The van der Waals surface area contributed by atoms with E-state index in [1.54, 1.807) is 18.6 Å². The summed E-state index contributed by atoms with van der Waals surface area (Å²) in [6, 6.07) is 18.1. The zero-order valence-electron chi connectivity index (χ0n) is 15.7. The van der Waals surface area contributed by atoms with Gasteiger partial charge in [0.05, 0.1) is 5.56 Å². The van der Waals surface area contributed by atoms with Crippen LogP contribution in [0.1, 0.15) is 35.3 Å². The van der Waals surface area contributed by atoms with Gasteiger partial charge in [0.25, 0.3) is 5.91 Å². The maximum atomic E-state index is 12.3. The molecule has 5 nitrogen and oxygen atoms in total. The van der Waals surface area contributed by atoms with Gasteiger partial charge in [-0.1, -0.05) is 30.3 Å². The summed E-state index contributed by atoms with van der Waals surface area (Å²) in [6.45, 7) is 5.52. The molecule has 138 valence electrons. The molecule has 0 radical (unpaired) electrons. The van der Waals surface area contributed by atoms with E-state index in [0.717, 1.165) is 17.9 Å². The van der Waals surface area contributed by atoms with Gasteiger partial charge in [0, 0.05) is 37.7 Å². The van der Waals surface area contributed by atoms with Crippen molar-refractivity contribution >= 4 is 11.7 Å². The SMILES string of the molecule is CC(C)N(Cc1ccccc1)c1ccc(C(=O)NCc2ccncc2)cn1. The maximum absolute atomic E-state index is 12.3. The molecule has 3 aromatic rings. The molecule has 1 amide bonds. The lowest BCUT2D eigenvalue weighted by Gasteiger charge is -2.28. The normalized spacial score (nSPS) is 10.6. The predicted octanol–water partition coefficient (Wildman–Crippen LogP) is 3.82. The van der Waals surface area contributed by atoms with Crippen molar-refractivity contribution in [1.29, 1.82) is 0 Å². The first-order valence-electron chi connectivity index (χ1n) is 9.07. The van der Waals surface area contributed by atoms with E-state index in [-0.39, 0.29) is 5.91 Å². The number of anilines is 1. The van der Waals surface area contributed by atoms with Gasteiger partial charge in [0.1, 0.15) is 5.82 Å². The molecule has 0 unspecified atom stereocenters. The molecule has 0 saturated carbocycles. The van der Waals surface area contributed by atoms with Crippen LogP contribution in [0.5, 0.6) is 0 Å². The number of hydrogen-bond donors (Lipinski definition) is 1. The Labute approximate surface area is 160 Å². The second-order valence-electron chi connectivity index (χ2n) is 6.65. The average Bonchev–Trinajstić information content (AvgIpc) is 2.72. The Bertz CT molecular complexity index is 849. The number of pyridine rings is 2. The highest BCUT2D eigenvalue weighted by Gasteiger charge is 2.14. The van der Waals surface area contributed by atoms with Crippen LogP contribution in [0.3, 0.4) is 0 Å². The summed E-state index contributed by atoms with van der Waals surface area (Å²) in [4.78, 5) is 23.1. The number of nitrogens with one attached hydrogen (secondary N) is 1. The molecule has 1 aromatic carbocycles. The van der Waals surface area contributed by atoms with Gasteiger partial charge < -0.3 is 10.2 Å². The molecule has 0 bridgehead atoms. The van der Waals surface area contributed by atoms with Crippen molar-refractivity contribution in [3.05, 3.63) is 89.9 Å². The number of benzene rings is 1. The Balaban J connectivity index is 1.66. The summed E-state index contributed by atoms with van der Waals surface area (Å²) in [7, 11) is 0. The molecule has 0 aliphatic carbocycles. The van der Waals surface area contributed by atoms with E-state index in [2.05, 4.69) is 46.2 Å². The van der Waals surface area contributed by atoms with Crippen molar-refractivity contribution in [2.24, 2.45) is 0 Å². The second kappa shape index (κ2) is 8.94. The van der Waals surface area contributed by atoms with Crippen LogP contribution in [-0.2, 0) is 13.1 Å². The molecule has 0 aliphatic heterocycles. The molecule has 1 N–H and O–H groups in total.